The average molecular weight is 668 g/mol. The van der Waals surface area contributed by atoms with Crippen molar-refractivity contribution in [2.24, 2.45) is 0 Å². The van der Waals surface area contributed by atoms with Crippen molar-refractivity contribution in [3.05, 3.63) is 155 Å². The van der Waals surface area contributed by atoms with Crippen LogP contribution in [0.15, 0.2) is 109 Å². The molecule has 3 aliphatic carbocycles. The number of allylic oxidation sites excluding steroid dienone is 4. The molecule has 0 unspecified atom stereocenters. The zero-order valence-electron chi connectivity index (χ0n) is 27.1. The zero-order valence-corrected chi connectivity index (χ0v) is 30.2. The first-order valence-electron chi connectivity index (χ1n) is 15.9. The first-order valence-corrected chi connectivity index (χ1v) is 16.6. The van der Waals surface area contributed by atoms with Gasteiger partial charge in [0.15, 0.2) is 0 Å². The van der Waals surface area contributed by atoms with Crippen LogP contribution in [0.25, 0.3) is 11.1 Å². The summed E-state index contributed by atoms with van der Waals surface area (Å²) in [5, 5.41) is 0. The SMILES string of the molecule is CC(C)(c1[c-]c2c(cc1)-c1ccc(C(C)(C)c3ccccc3)cc1C2)c1ccccc1.[C-]1=CC=CC1.[Cl-].[Cl-].[Ti+2]=[C]1CCCCC1. The molecule has 0 nitrogen and oxygen atoms in total. The van der Waals surface area contributed by atoms with E-state index in [-0.39, 0.29) is 35.6 Å². The fourth-order valence-electron chi connectivity index (χ4n) is 6.23. The van der Waals surface area contributed by atoms with Crippen LogP contribution in [0.5, 0.6) is 0 Å². The molecular weight excluding hydrogens is 623 g/mol. The third-order valence-corrected chi connectivity index (χ3v) is 10.00. The third kappa shape index (κ3) is 9.08. The predicted octanol–water partition coefficient (Wildman–Crippen LogP) is 4.69. The Morgan fingerprint density at radius 1 is 0.644 bits per heavy atom. The molecule has 4 aromatic rings. The number of hydrogen-bond donors (Lipinski definition) is 0. The van der Waals surface area contributed by atoms with Crippen molar-refractivity contribution in [3.63, 3.8) is 0 Å². The molecule has 1 fully saturated rings. The van der Waals surface area contributed by atoms with Crippen molar-refractivity contribution < 1.29 is 44.8 Å². The molecule has 3 heteroatoms. The zero-order chi connectivity index (χ0) is 30.3. The van der Waals surface area contributed by atoms with Crippen LogP contribution in [0, 0.1) is 12.1 Å². The van der Waals surface area contributed by atoms with Crippen LogP contribution in [0.3, 0.4) is 0 Å². The molecule has 0 bridgehead atoms. The van der Waals surface area contributed by atoms with Gasteiger partial charge < -0.3 is 24.8 Å². The van der Waals surface area contributed by atoms with Gasteiger partial charge in [-0.3, -0.25) is 6.08 Å². The van der Waals surface area contributed by atoms with Gasteiger partial charge >= 0.3 is 55.9 Å². The Morgan fingerprint density at radius 3 is 1.76 bits per heavy atom. The summed E-state index contributed by atoms with van der Waals surface area (Å²) in [7, 11) is 0. The van der Waals surface area contributed by atoms with Crippen LogP contribution >= 0.6 is 0 Å². The van der Waals surface area contributed by atoms with Crippen LogP contribution in [0.4, 0.5) is 0 Å². The van der Waals surface area contributed by atoms with E-state index in [1.54, 1.807) is 3.81 Å². The molecule has 0 amide bonds. The molecule has 0 aromatic heterocycles. The first kappa shape index (κ1) is 37.0. The molecule has 0 radical (unpaired) electrons. The standard InChI is InChI=1S/C31H29.C6H10.C5H5.2ClH.Ti/c1-30(2,24-11-7-5-8-12-24)26-15-17-28-22(20-26)19-23-21-27(16-18-29(23)28)31(3,4)25-13-9-6-10-14-25;1-2-4-6-5-3-1;1-2-4-5-3-1;;;/h5-18,20H,19H2,1-4H3;1-5H2;1-3H,4H2;2*1H;/q-1;;-1;;;+2/p-2. The monoisotopic (exact) mass is 666 g/mol. The average Bonchev–Trinajstić information content (AvgIpc) is 3.74. The summed E-state index contributed by atoms with van der Waals surface area (Å²) in [6, 6.07) is 37.0. The summed E-state index contributed by atoms with van der Waals surface area (Å²) in [6.45, 7) is 9.23. The van der Waals surface area contributed by atoms with Crippen LogP contribution in [-0.2, 0) is 37.2 Å². The van der Waals surface area contributed by atoms with Gasteiger partial charge in [-0.1, -0.05) is 112 Å². The van der Waals surface area contributed by atoms with Crippen LogP contribution in [0.1, 0.15) is 99.6 Å². The maximum absolute atomic E-state index is 3.80. The maximum atomic E-state index is 3.80. The normalized spacial score (nSPS) is 14.5. The van der Waals surface area contributed by atoms with Gasteiger partial charge in [-0.05, 0) is 34.1 Å². The Kier molecular flexibility index (Phi) is 13.9. The van der Waals surface area contributed by atoms with Gasteiger partial charge in [0.1, 0.15) is 0 Å². The van der Waals surface area contributed by atoms with Gasteiger partial charge in [0.25, 0.3) is 0 Å². The van der Waals surface area contributed by atoms with Gasteiger partial charge in [-0.2, -0.15) is 29.8 Å². The van der Waals surface area contributed by atoms with E-state index in [0.29, 0.717) is 0 Å². The van der Waals surface area contributed by atoms with Gasteiger partial charge in [-0.25, -0.2) is 12.2 Å². The molecule has 3 aliphatic rings. The van der Waals surface area contributed by atoms with Gasteiger partial charge in [0.2, 0.25) is 0 Å². The quantitative estimate of drug-likeness (QED) is 0.193. The fourth-order valence-corrected chi connectivity index (χ4v) is 6.78. The van der Waals surface area contributed by atoms with E-state index in [1.165, 1.54) is 76.6 Å². The molecule has 7 rings (SSSR count). The Morgan fingerprint density at radius 2 is 1.24 bits per heavy atom. The summed E-state index contributed by atoms with van der Waals surface area (Å²) in [5.74, 6) is 0. The molecule has 1 saturated carbocycles. The summed E-state index contributed by atoms with van der Waals surface area (Å²) in [4.78, 5) is 0. The molecule has 45 heavy (non-hydrogen) atoms. The van der Waals surface area contributed by atoms with E-state index in [1.807, 2.05) is 12.2 Å². The van der Waals surface area contributed by atoms with Gasteiger partial charge in [0, 0.05) is 5.41 Å². The van der Waals surface area contributed by atoms with Crippen molar-refractivity contribution in [2.45, 2.75) is 83.5 Å². The van der Waals surface area contributed by atoms with Crippen LogP contribution in [0.2, 0.25) is 0 Å². The number of halogens is 2. The number of fused-ring (bicyclic) bond motifs is 3. The van der Waals surface area contributed by atoms with E-state index in [0.717, 1.165) is 12.8 Å². The van der Waals surface area contributed by atoms with Crippen molar-refractivity contribution in [2.75, 3.05) is 0 Å². The molecule has 0 aliphatic heterocycles. The number of hydrogen-bond acceptors (Lipinski definition) is 0. The van der Waals surface area contributed by atoms with Crippen molar-refractivity contribution in [3.8, 4) is 11.1 Å². The molecule has 0 saturated heterocycles. The van der Waals surface area contributed by atoms with Gasteiger partial charge in [0.05, 0.1) is 0 Å². The van der Waals surface area contributed by atoms with Crippen LogP contribution < -0.4 is 24.8 Å². The summed E-state index contributed by atoms with van der Waals surface area (Å²) < 4.78 is 1.71. The molecule has 4 aromatic carbocycles. The molecule has 0 atom stereocenters. The van der Waals surface area contributed by atoms with Crippen LogP contribution in [-0.4, -0.2) is 3.81 Å². The Hall–Kier alpha value is -2.48. The fraction of sp³-hybridized carbons (Fsp3) is 0.310. The second-order valence-corrected chi connectivity index (χ2v) is 14.1. The Bertz CT molecular complexity index is 1480. The van der Waals surface area contributed by atoms with E-state index in [2.05, 4.69) is 157 Å². The predicted molar refractivity (Wildman–Crippen MR) is 180 cm³/mol. The molecular formula is C42H44Cl2Ti-2. The van der Waals surface area contributed by atoms with E-state index < -0.39 is 0 Å². The topological polar surface area (TPSA) is 0 Å². The number of benzene rings is 4. The van der Waals surface area contributed by atoms with E-state index in [4.69, 9.17) is 0 Å². The minimum absolute atomic E-state index is 0. The Balaban J connectivity index is 0.000000330. The van der Waals surface area contributed by atoms with Crippen molar-refractivity contribution in [1.82, 2.24) is 0 Å². The third-order valence-electron chi connectivity index (χ3n) is 9.22. The summed E-state index contributed by atoms with van der Waals surface area (Å²) >= 11 is 2.28. The van der Waals surface area contributed by atoms with E-state index >= 15 is 0 Å². The second kappa shape index (κ2) is 16.9. The number of rotatable bonds is 4. The summed E-state index contributed by atoms with van der Waals surface area (Å²) in [6.07, 6.45) is 18.1. The van der Waals surface area contributed by atoms with Gasteiger partial charge in [-0.15, -0.1) is 17.5 Å². The minimum atomic E-state index is -0.0640. The molecule has 0 heterocycles. The van der Waals surface area contributed by atoms with E-state index in [9.17, 15) is 0 Å². The van der Waals surface area contributed by atoms with Crippen molar-refractivity contribution >= 4 is 3.81 Å². The van der Waals surface area contributed by atoms with Crippen molar-refractivity contribution in [1.29, 1.82) is 0 Å². The summed E-state index contributed by atoms with van der Waals surface area (Å²) in [5.41, 5.74) is 10.7. The molecule has 232 valence electrons. The first-order chi connectivity index (χ1) is 20.8. The molecule has 0 N–H and O–H groups in total. The Labute approximate surface area is 296 Å². The second-order valence-electron chi connectivity index (χ2n) is 13.0. The molecule has 0 spiro atoms.